The average molecular weight is 252 g/mol. The van der Waals surface area contributed by atoms with E-state index < -0.39 is 0 Å². The van der Waals surface area contributed by atoms with Gasteiger partial charge >= 0.3 is 0 Å². The number of nitrogens with one attached hydrogen (secondary N) is 1. The molecule has 0 aliphatic carbocycles. The fourth-order valence-electron chi connectivity index (χ4n) is 2.52. The molecule has 1 aliphatic heterocycles. The van der Waals surface area contributed by atoms with Crippen LogP contribution in [-0.4, -0.2) is 49.8 Å². The van der Waals surface area contributed by atoms with E-state index in [9.17, 15) is 0 Å². The summed E-state index contributed by atoms with van der Waals surface area (Å²) in [5, 5.41) is 3.54. The minimum Gasteiger partial charge on any atom is -0.472 e. The predicted octanol–water partition coefficient (Wildman–Crippen LogP) is 1.52. The van der Waals surface area contributed by atoms with Crippen LogP contribution in [0, 0.1) is 0 Å². The third-order valence-electron chi connectivity index (χ3n) is 3.58. The number of likely N-dealkylation sites (N-methyl/N-ethyl adjacent to an activating group) is 2. The second kappa shape index (κ2) is 6.92. The fourth-order valence-corrected chi connectivity index (χ4v) is 2.52. The van der Waals surface area contributed by atoms with Crippen molar-refractivity contribution in [2.24, 2.45) is 0 Å². The lowest BCUT2D eigenvalue weighted by molar-refractivity contribution is -0.0445. The van der Waals surface area contributed by atoms with Crippen molar-refractivity contribution in [3.63, 3.8) is 0 Å². The molecule has 0 saturated carbocycles. The predicted molar refractivity (Wildman–Crippen MR) is 71.7 cm³/mol. The zero-order chi connectivity index (χ0) is 12.8. The molecule has 0 radical (unpaired) electrons. The lowest BCUT2D eigenvalue weighted by Crippen LogP contribution is -2.52. The summed E-state index contributed by atoms with van der Waals surface area (Å²) in [6.07, 6.45) is 4.80. The Kier molecular flexibility index (Phi) is 5.23. The second-order valence-electron chi connectivity index (χ2n) is 4.80. The number of nitrogens with zero attached hydrogens (tertiary/aromatic N) is 1. The first-order valence-corrected chi connectivity index (χ1v) is 6.91. The van der Waals surface area contributed by atoms with Crippen LogP contribution in [0.2, 0.25) is 0 Å². The van der Waals surface area contributed by atoms with Crippen LogP contribution in [0.4, 0.5) is 0 Å². The van der Waals surface area contributed by atoms with E-state index in [1.54, 1.807) is 6.26 Å². The van der Waals surface area contributed by atoms with E-state index in [4.69, 9.17) is 9.15 Å². The highest BCUT2D eigenvalue weighted by Crippen LogP contribution is 2.14. The molecule has 0 aromatic carbocycles. The van der Waals surface area contributed by atoms with Gasteiger partial charge in [0.05, 0.1) is 25.2 Å². The smallest absolute Gasteiger partial charge is 0.0935 e. The summed E-state index contributed by atoms with van der Waals surface area (Å²) < 4.78 is 11.1. The van der Waals surface area contributed by atoms with E-state index in [1.807, 2.05) is 12.3 Å². The van der Waals surface area contributed by atoms with Crippen LogP contribution >= 0.6 is 0 Å². The van der Waals surface area contributed by atoms with Gasteiger partial charge in [-0.25, -0.2) is 0 Å². The summed E-state index contributed by atoms with van der Waals surface area (Å²) >= 11 is 0. The quantitative estimate of drug-likeness (QED) is 0.833. The number of hydrogen-bond acceptors (Lipinski definition) is 4. The molecule has 1 aromatic heterocycles. The highest BCUT2D eigenvalue weighted by Gasteiger charge is 2.27. The molecule has 1 aliphatic rings. The first kappa shape index (κ1) is 13.6. The summed E-state index contributed by atoms with van der Waals surface area (Å²) in [5.41, 5.74) is 1.23. The largest absolute Gasteiger partial charge is 0.472 e. The van der Waals surface area contributed by atoms with Crippen molar-refractivity contribution < 1.29 is 9.15 Å². The van der Waals surface area contributed by atoms with Crippen molar-refractivity contribution >= 4 is 0 Å². The molecule has 0 spiro atoms. The standard InChI is InChI=1S/C14H24N2O2/c1-3-15-13(9-12-5-7-17-11-12)14-10-16(4-2)6-8-18-14/h5,7,11,13-15H,3-4,6,8-10H2,1-2H3. The number of morpholine rings is 1. The Balaban J connectivity index is 1.95. The van der Waals surface area contributed by atoms with Gasteiger partial charge < -0.3 is 14.5 Å². The zero-order valence-corrected chi connectivity index (χ0v) is 11.4. The van der Waals surface area contributed by atoms with Crippen molar-refractivity contribution in [2.75, 3.05) is 32.8 Å². The van der Waals surface area contributed by atoms with E-state index in [1.165, 1.54) is 5.56 Å². The highest BCUT2D eigenvalue weighted by atomic mass is 16.5. The van der Waals surface area contributed by atoms with Gasteiger partial charge in [-0.05, 0) is 31.1 Å². The normalized spacial score (nSPS) is 23.1. The maximum absolute atomic E-state index is 5.94. The van der Waals surface area contributed by atoms with Crippen molar-refractivity contribution in [1.29, 1.82) is 0 Å². The van der Waals surface area contributed by atoms with Crippen molar-refractivity contribution in [3.05, 3.63) is 24.2 Å². The number of rotatable bonds is 6. The molecule has 18 heavy (non-hydrogen) atoms. The van der Waals surface area contributed by atoms with Crippen LogP contribution in [0.5, 0.6) is 0 Å². The van der Waals surface area contributed by atoms with Gasteiger partial charge in [-0.3, -0.25) is 4.90 Å². The molecule has 1 aromatic rings. The van der Waals surface area contributed by atoms with Crippen LogP contribution < -0.4 is 5.32 Å². The Morgan fingerprint density at radius 2 is 2.39 bits per heavy atom. The number of furan rings is 1. The average Bonchev–Trinajstić information content (AvgIpc) is 2.91. The molecule has 0 bridgehead atoms. The lowest BCUT2D eigenvalue weighted by atomic mass is 10.0. The third kappa shape index (κ3) is 3.57. The highest BCUT2D eigenvalue weighted by molar-refractivity contribution is 5.08. The third-order valence-corrected chi connectivity index (χ3v) is 3.58. The first-order chi connectivity index (χ1) is 8.83. The number of hydrogen-bond donors (Lipinski definition) is 1. The molecule has 4 heteroatoms. The summed E-state index contributed by atoms with van der Waals surface area (Å²) in [4.78, 5) is 2.45. The second-order valence-corrected chi connectivity index (χ2v) is 4.80. The van der Waals surface area contributed by atoms with Gasteiger partial charge in [0.25, 0.3) is 0 Å². The lowest BCUT2D eigenvalue weighted by Gasteiger charge is -2.36. The molecule has 4 nitrogen and oxygen atoms in total. The van der Waals surface area contributed by atoms with Crippen LogP contribution in [0.1, 0.15) is 19.4 Å². The molecule has 2 unspecified atom stereocenters. The monoisotopic (exact) mass is 252 g/mol. The Morgan fingerprint density at radius 1 is 1.50 bits per heavy atom. The Labute approximate surface area is 109 Å². The fraction of sp³-hybridized carbons (Fsp3) is 0.714. The van der Waals surface area contributed by atoms with Gasteiger partial charge in [-0.2, -0.15) is 0 Å². The SMILES string of the molecule is CCNC(Cc1ccoc1)C1CN(CC)CCO1. The molecule has 1 saturated heterocycles. The zero-order valence-electron chi connectivity index (χ0n) is 11.4. The molecular formula is C14H24N2O2. The summed E-state index contributed by atoms with van der Waals surface area (Å²) in [5.74, 6) is 0. The summed E-state index contributed by atoms with van der Waals surface area (Å²) in [7, 11) is 0. The maximum Gasteiger partial charge on any atom is 0.0935 e. The molecule has 1 fully saturated rings. The molecule has 2 atom stereocenters. The van der Waals surface area contributed by atoms with Gasteiger partial charge in [-0.15, -0.1) is 0 Å². The first-order valence-electron chi connectivity index (χ1n) is 6.91. The van der Waals surface area contributed by atoms with E-state index in [0.29, 0.717) is 6.04 Å². The van der Waals surface area contributed by atoms with Crippen LogP contribution in [-0.2, 0) is 11.2 Å². The topological polar surface area (TPSA) is 37.6 Å². The molecule has 2 heterocycles. The van der Waals surface area contributed by atoms with E-state index >= 15 is 0 Å². The van der Waals surface area contributed by atoms with E-state index in [0.717, 1.165) is 39.2 Å². The van der Waals surface area contributed by atoms with Gasteiger partial charge in [0, 0.05) is 19.1 Å². The molecular weight excluding hydrogens is 228 g/mol. The Bertz CT molecular complexity index is 327. The maximum atomic E-state index is 5.94. The molecule has 102 valence electrons. The van der Waals surface area contributed by atoms with Gasteiger partial charge in [0.1, 0.15) is 0 Å². The van der Waals surface area contributed by atoms with E-state index in [2.05, 4.69) is 24.1 Å². The molecule has 2 rings (SSSR count). The van der Waals surface area contributed by atoms with E-state index in [-0.39, 0.29) is 6.10 Å². The number of ether oxygens (including phenoxy) is 1. The van der Waals surface area contributed by atoms with Gasteiger partial charge in [0.2, 0.25) is 0 Å². The Morgan fingerprint density at radius 3 is 3.06 bits per heavy atom. The van der Waals surface area contributed by atoms with Crippen LogP contribution in [0.3, 0.4) is 0 Å². The minimum atomic E-state index is 0.272. The van der Waals surface area contributed by atoms with Crippen molar-refractivity contribution in [2.45, 2.75) is 32.4 Å². The van der Waals surface area contributed by atoms with Crippen molar-refractivity contribution in [3.8, 4) is 0 Å². The summed E-state index contributed by atoms with van der Waals surface area (Å²) in [6, 6.07) is 2.40. The Hall–Kier alpha value is -0.840. The summed E-state index contributed by atoms with van der Waals surface area (Å²) in [6.45, 7) is 9.33. The minimum absolute atomic E-state index is 0.272. The van der Waals surface area contributed by atoms with Crippen LogP contribution in [0.15, 0.2) is 23.0 Å². The molecule has 1 N–H and O–H groups in total. The van der Waals surface area contributed by atoms with Crippen LogP contribution in [0.25, 0.3) is 0 Å². The molecule has 0 amide bonds. The van der Waals surface area contributed by atoms with Gasteiger partial charge in [0.15, 0.2) is 0 Å². The van der Waals surface area contributed by atoms with Crippen molar-refractivity contribution in [1.82, 2.24) is 10.2 Å². The van der Waals surface area contributed by atoms with Gasteiger partial charge in [-0.1, -0.05) is 13.8 Å².